The molecule has 0 aliphatic heterocycles. The molecule has 0 radical (unpaired) electrons. The van der Waals surface area contributed by atoms with E-state index in [9.17, 15) is 8.42 Å². The maximum absolute atomic E-state index is 13.0. The molecule has 2 aromatic carbocycles. The van der Waals surface area contributed by atoms with Crippen LogP contribution in [0.3, 0.4) is 0 Å². The molecule has 2 N–H and O–H groups in total. The average Bonchev–Trinajstić information content (AvgIpc) is 3.29. The Hall–Kier alpha value is -3.01. The van der Waals surface area contributed by atoms with Gasteiger partial charge in [0.15, 0.2) is 0 Å². The van der Waals surface area contributed by atoms with Crippen molar-refractivity contribution in [3.05, 3.63) is 59.9 Å². The first-order chi connectivity index (χ1) is 15.6. The minimum Gasteiger partial charge on any atom is -0.497 e. The molecule has 8 nitrogen and oxygen atoms in total. The largest absolute Gasteiger partial charge is 0.497 e. The van der Waals surface area contributed by atoms with Crippen LogP contribution in [0.15, 0.2) is 48.5 Å². The van der Waals surface area contributed by atoms with Gasteiger partial charge in [0.1, 0.15) is 11.5 Å². The van der Waals surface area contributed by atoms with Gasteiger partial charge in [0.25, 0.3) is 10.2 Å². The Kier molecular flexibility index (Phi) is 6.13. The summed E-state index contributed by atoms with van der Waals surface area (Å²) in [5.74, 6) is 1.52. The van der Waals surface area contributed by atoms with Gasteiger partial charge in [0.05, 0.1) is 26.3 Å². The maximum Gasteiger partial charge on any atom is 0.278 e. The lowest BCUT2D eigenvalue weighted by Gasteiger charge is -2.19. The summed E-state index contributed by atoms with van der Waals surface area (Å²) >= 11 is 0. The molecule has 33 heavy (non-hydrogen) atoms. The minimum absolute atomic E-state index is 0.435. The van der Waals surface area contributed by atoms with Gasteiger partial charge < -0.3 is 18.6 Å². The number of fused-ring (bicyclic) bond motifs is 2. The van der Waals surface area contributed by atoms with Crippen LogP contribution in [0.2, 0.25) is 0 Å². The van der Waals surface area contributed by atoms with E-state index < -0.39 is 22.3 Å². The molecule has 0 bridgehead atoms. The highest BCUT2D eigenvalue weighted by atomic mass is 32.2. The zero-order valence-electron chi connectivity index (χ0n) is 19.7. The molecule has 2 atom stereocenters. The fraction of sp³-hybridized carbons (Fsp3) is 0.333. The molecule has 2 heterocycles. The first-order valence-electron chi connectivity index (χ1n) is 10.7. The number of nitrogens with one attached hydrogen (secondary N) is 2. The van der Waals surface area contributed by atoms with Crippen LogP contribution in [-0.4, -0.2) is 31.8 Å². The van der Waals surface area contributed by atoms with E-state index in [-0.39, 0.29) is 0 Å². The summed E-state index contributed by atoms with van der Waals surface area (Å²) in [6, 6.07) is 14.7. The van der Waals surface area contributed by atoms with Crippen LogP contribution in [0, 0.1) is 0 Å². The Morgan fingerprint density at radius 1 is 0.727 bits per heavy atom. The lowest BCUT2D eigenvalue weighted by Crippen LogP contribution is -2.40. The summed E-state index contributed by atoms with van der Waals surface area (Å²) in [6.07, 6.45) is 0. The molecule has 0 saturated heterocycles. The molecule has 176 valence electrons. The van der Waals surface area contributed by atoms with E-state index in [4.69, 9.17) is 9.47 Å². The SMILES string of the molecule is COc1ccc2c(c1)cc(C(C)NS(=O)(=O)NC(C)c1cc3cc(OC)ccc3n1C)n2C. The maximum atomic E-state index is 13.0. The van der Waals surface area contributed by atoms with Gasteiger partial charge in [-0.2, -0.15) is 17.9 Å². The van der Waals surface area contributed by atoms with Crippen molar-refractivity contribution in [3.63, 3.8) is 0 Å². The molecule has 2 aromatic heterocycles. The molecule has 0 spiro atoms. The predicted molar refractivity (Wildman–Crippen MR) is 131 cm³/mol. The number of rotatable bonds is 8. The molecule has 0 fully saturated rings. The Morgan fingerprint density at radius 2 is 1.12 bits per heavy atom. The van der Waals surface area contributed by atoms with Crippen molar-refractivity contribution >= 4 is 32.0 Å². The van der Waals surface area contributed by atoms with Crippen LogP contribution in [-0.2, 0) is 24.3 Å². The molecule has 9 heteroatoms. The molecule has 4 aromatic rings. The summed E-state index contributed by atoms with van der Waals surface area (Å²) in [5, 5.41) is 1.98. The van der Waals surface area contributed by atoms with Crippen molar-refractivity contribution in [1.82, 2.24) is 18.6 Å². The zero-order valence-corrected chi connectivity index (χ0v) is 20.5. The van der Waals surface area contributed by atoms with Crippen molar-refractivity contribution < 1.29 is 17.9 Å². The second-order valence-electron chi connectivity index (χ2n) is 8.29. The van der Waals surface area contributed by atoms with Crippen molar-refractivity contribution in [1.29, 1.82) is 0 Å². The number of benzene rings is 2. The normalized spacial score (nSPS) is 14.0. The van der Waals surface area contributed by atoms with Gasteiger partial charge in [-0.05, 0) is 62.4 Å². The Labute approximate surface area is 194 Å². The second kappa shape index (κ2) is 8.74. The van der Waals surface area contributed by atoms with Crippen molar-refractivity contribution in [2.24, 2.45) is 14.1 Å². The average molecular weight is 471 g/mol. The summed E-state index contributed by atoms with van der Waals surface area (Å²) in [5.41, 5.74) is 3.72. The molecule has 0 saturated carbocycles. The highest BCUT2D eigenvalue weighted by Crippen LogP contribution is 2.29. The third-order valence-electron chi connectivity index (χ3n) is 6.12. The standard InChI is InChI=1S/C24H30N4O4S/c1-15(23-13-17-11-19(31-5)7-9-21(17)27(23)3)25-33(29,30)26-16(2)24-14-18-12-20(32-6)8-10-22(18)28(24)4/h7-16,25-26H,1-6H3. The third kappa shape index (κ3) is 4.44. The smallest absolute Gasteiger partial charge is 0.278 e. The molecule has 2 unspecified atom stereocenters. The van der Waals surface area contributed by atoms with Crippen molar-refractivity contribution in [2.45, 2.75) is 25.9 Å². The number of ether oxygens (including phenoxy) is 2. The monoisotopic (exact) mass is 470 g/mol. The van der Waals surface area contributed by atoms with Gasteiger partial charge in [-0.15, -0.1) is 0 Å². The molecular formula is C24H30N4O4S. The Balaban J connectivity index is 1.54. The van der Waals surface area contributed by atoms with Crippen molar-refractivity contribution in [2.75, 3.05) is 14.2 Å². The number of methoxy groups -OCH3 is 2. The minimum atomic E-state index is -3.79. The van der Waals surface area contributed by atoms with Crippen LogP contribution >= 0.6 is 0 Å². The molecule has 0 amide bonds. The summed E-state index contributed by atoms with van der Waals surface area (Å²) < 4.78 is 46.0. The predicted octanol–water partition coefficient (Wildman–Crippen LogP) is 3.93. The second-order valence-corrected chi connectivity index (χ2v) is 9.77. The number of aromatic nitrogens is 2. The van der Waals surface area contributed by atoms with E-state index in [2.05, 4.69) is 9.44 Å². The molecular weight excluding hydrogens is 440 g/mol. The quantitative estimate of drug-likeness (QED) is 0.409. The fourth-order valence-electron chi connectivity index (χ4n) is 4.40. The zero-order chi connectivity index (χ0) is 23.9. The highest BCUT2D eigenvalue weighted by Gasteiger charge is 2.23. The van der Waals surface area contributed by atoms with Gasteiger partial charge >= 0.3 is 0 Å². The first-order valence-corrected chi connectivity index (χ1v) is 12.2. The number of hydrogen-bond acceptors (Lipinski definition) is 4. The van der Waals surface area contributed by atoms with E-state index in [0.717, 1.165) is 44.7 Å². The van der Waals surface area contributed by atoms with Crippen LogP contribution in [0.1, 0.15) is 37.3 Å². The lowest BCUT2D eigenvalue weighted by atomic mass is 10.2. The summed E-state index contributed by atoms with van der Waals surface area (Å²) in [4.78, 5) is 0. The van der Waals surface area contributed by atoms with Gasteiger partial charge in [-0.25, -0.2) is 0 Å². The first kappa shape index (κ1) is 23.2. The number of hydrogen-bond donors (Lipinski definition) is 2. The number of nitrogens with zero attached hydrogens (tertiary/aromatic N) is 2. The van der Waals surface area contributed by atoms with E-state index in [1.165, 1.54) is 0 Å². The van der Waals surface area contributed by atoms with Gasteiger partial charge in [0.2, 0.25) is 0 Å². The van der Waals surface area contributed by atoms with Crippen LogP contribution in [0.4, 0.5) is 0 Å². The van der Waals surface area contributed by atoms with Gasteiger partial charge in [0, 0.05) is 47.3 Å². The summed E-state index contributed by atoms with van der Waals surface area (Å²) in [6.45, 7) is 3.66. The van der Waals surface area contributed by atoms with Crippen molar-refractivity contribution in [3.8, 4) is 11.5 Å². The Morgan fingerprint density at radius 3 is 1.48 bits per heavy atom. The van der Waals surface area contributed by atoms with Gasteiger partial charge in [-0.3, -0.25) is 0 Å². The topological polar surface area (TPSA) is 86.5 Å². The molecule has 4 rings (SSSR count). The van der Waals surface area contributed by atoms with E-state index in [0.29, 0.717) is 0 Å². The lowest BCUT2D eigenvalue weighted by molar-refractivity contribution is 0.415. The van der Waals surface area contributed by atoms with E-state index >= 15 is 0 Å². The van der Waals surface area contributed by atoms with Crippen LogP contribution in [0.5, 0.6) is 11.5 Å². The van der Waals surface area contributed by atoms with Gasteiger partial charge in [-0.1, -0.05) is 0 Å². The van der Waals surface area contributed by atoms with Crippen LogP contribution < -0.4 is 18.9 Å². The highest BCUT2D eigenvalue weighted by molar-refractivity contribution is 7.87. The van der Waals surface area contributed by atoms with E-state index in [1.807, 2.05) is 85.6 Å². The van der Waals surface area contributed by atoms with E-state index in [1.54, 1.807) is 14.2 Å². The Bertz CT molecular complexity index is 1320. The fourth-order valence-corrected chi connectivity index (χ4v) is 5.64. The summed E-state index contributed by atoms with van der Waals surface area (Å²) in [7, 11) is 3.32. The number of aryl methyl sites for hydroxylation is 2. The third-order valence-corrected chi connectivity index (χ3v) is 7.45. The molecule has 0 aliphatic carbocycles. The van der Waals surface area contributed by atoms with Crippen LogP contribution in [0.25, 0.3) is 21.8 Å². The molecule has 0 aliphatic rings.